The van der Waals surface area contributed by atoms with Gasteiger partial charge >= 0.3 is 39.2 Å². The summed E-state index contributed by atoms with van der Waals surface area (Å²) in [6.07, 6.45) is -2.72. The molecule has 0 bridgehead atoms. The van der Waals surface area contributed by atoms with Gasteiger partial charge in [0.1, 0.15) is 5.60 Å². The van der Waals surface area contributed by atoms with Gasteiger partial charge in [0, 0.05) is 24.8 Å². The quantitative estimate of drug-likeness (QED) is 0.464. The molecule has 0 radical (unpaired) electrons. The van der Waals surface area contributed by atoms with Gasteiger partial charge in [0.25, 0.3) is 0 Å². The number of carbonyl (C=O) groups excluding carboxylic acids is 3. The maximum absolute atomic E-state index is 10.1. The van der Waals surface area contributed by atoms with E-state index in [1.165, 1.54) is 0 Å². The first-order valence-electron chi connectivity index (χ1n) is 3.11. The largest absolute Gasteiger partial charge is 2.00 e. The molecule has 0 heterocycles. The Balaban J connectivity index is -0.000000720. The molecule has 0 saturated carbocycles. The van der Waals surface area contributed by atoms with Crippen molar-refractivity contribution < 1.29 is 36.2 Å². The van der Waals surface area contributed by atoms with Crippen LogP contribution in [0.25, 0.3) is 0 Å². The molecule has 0 aliphatic carbocycles. The maximum Gasteiger partial charge on any atom is 2.00 e. The van der Waals surface area contributed by atoms with E-state index in [-0.39, 0.29) is 39.2 Å². The zero-order valence-electron chi connectivity index (χ0n) is 8.02. The van der Waals surface area contributed by atoms with Crippen molar-refractivity contribution in [2.24, 2.45) is 0 Å². The Bertz CT molecular complexity index is 238. The average molecular weight is 230 g/mol. The van der Waals surface area contributed by atoms with Crippen molar-refractivity contribution in [3.05, 3.63) is 0 Å². The van der Waals surface area contributed by atoms with Gasteiger partial charge in [-0.25, -0.2) is 0 Å². The molecular formula is C6H6CaO7. The van der Waals surface area contributed by atoms with Crippen molar-refractivity contribution >= 4 is 55.6 Å². The third-order valence-electron chi connectivity index (χ3n) is 1.25. The summed E-state index contributed by atoms with van der Waals surface area (Å²) in [5.74, 6) is -5.98. The van der Waals surface area contributed by atoms with E-state index in [1.807, 2.05) is 0 Å². The van der Waals surface area contributed by atoms with Gasteiger partial charge in [-0.1, -0.05) is 0 Å². The molecule has 0 amide bonds. The summed E-state index contributed by atoms with van der Waals surface area (Å²) in [6.45, 7) is 0. The van der Waals surface area contributed by atoms with Crippen molar-refractivity contribution in [3.8, 4) is 0 Å². The summed E-state index contributed by atoms with van der Waals surface area (Å²) in [6, 6.07) is 0. The number of rotatable bonds is 5. The van der Waals surface area contributed by atoms with E-state index < -0.39 is 36.4 Å². The summed E-state index contributed by atoms with van der Waals surface area (Å²) in [5.41, 5.74) is -2.97. The Hall–Kier alpha value is -0.370. The molecule has 0 aromatic rings. The van der Waals surface area contributed by atoms with Crippen LogP contribution in [0, 0.1) is 0 Å². The third-order valence-corrected chi connectivity index (χ3v) is 1.25. The Kier molecular flexibility index (Phi) is 7.09. The molecule has 0 unspecified atom stereocenters. The number of carboxylic acids is 3. The van der Waals surface area contributed by atoms with Crippen LogP contribution in [-0.2, 0) is 14.4 Å². The molecule has 0 aliphatic rings. The summed E-state index contributed by atoms with van der Waals surface area (Å²) in [5, 5.41) is 38.9. The van der Waals surface area contributed by atoms with E-state index in [4.69, 9.17) is 5.11 Å². The van der Waals surface area contributed by atoms with Gasteiger partial charge in [-0.3, -0.25) is 0 Å². The second kappa shape index (κ2) is 6.18. The molecule has 0 atom stereocenters. The monoisotopic (exact) mass is 230 g/mol. The molecule has 0 aromatic heterocycles. The number of aliphatic carboxylic acids is 3. The molecule has 74 valence electrons. The third kappa shape index (κ3) is 5.38. The Morgan fingerprint density at radius 2 is 1.36 bits per heavy atom. The standard InChI is InChI=1S/C6H8O7.Ca/c7-3(8)1-6(13,5(11)12)2-4(9)10;/h13H,1-2H2,(H,7,8)(H,9,10)(H,11,12);/q;+2/p-2. The first-order valence-corrected chi connectivity index (χ1v) is 3.11. The number of hydrogen-bond acceptors (Lipinski definition) is 7. The fourth-order valence-corrected chi connectivity index (χ4v) is 0.684. The van der Waals surface area contributed by atoms with Gasteiger partial charge < -0.3 is 34.8 Å². The summed E-state index contributed by atoms with van der Waals surface area (Å²) in [7, 11) is 0. The molecule has 1 N–H and O–H groups in total. The average Bonchev–Trinajstić information content (AvgIpc) is 1.82. The van der Waals surface area contributed by atoms with Crippen LogP contribution >= 0.6 is 0 Å². The fraction of sp³-hybridized carbons (Fsp3) is 0.500. The zero-order chi connectivity index (χ0) is 10.6. The minimum absolute atomic E-state index is 0. The smallest absolute Gasteiger partial charge is 0.550 e. The number of carboxylic acid groups (broad SMARTS) is 3. The molecular weight excluding hydrogens is 224 g/mol. The van der Waals surface area contributed by atoms with Crippen LogP contribution in [0.5, 0.6) is 0 Å². The number of hydrogen-bond donors (Lipinski definition) is 1. The second-order valence-electron chi connectivity index (χ2n) is 2.42. The van der Waals surface area contributed by atoms with Gasteiger partial charge in [-0.05, 0) is 0 Å². The molecule has 0 saturated heterocycles. The molecule has 7 nitrogen and oxygen atoms in total. The first kappa shape index (κ1) is 16.1. The molecule has 0 aliphatic heterocycles. The zero-order valence-corrected chi connectivity index (χ0v) is 9.23. The van der Waals surface area contributed by atoms with Gasteiger partial charge in [-0.2, -0.15) is 0 Å². The Morgan fingerprint density at radius 3 is 1.50 bits per heavy atom. The van der Waals surface area contributed by atoms with Crippen molar-refractivity contribution in [1.29, 1.82) is 0 Å². The van der Waals surface area contributed by atoms with Gasteiger partial charge in [-0.15, -0.1) is 0 Å². The van der Waals surface area contributed by atoms with Crippen LogP contribution in [-0.4, -0.2) is 66.4 Å². The number of carbonyl (C=O) groups is 3. The SMILES string of the molecule is O=C([O-])CC(O)(CC(=O)[O-])C(=O)[O-].[Ca+2].[H+]. The fourth-order valence-electron chi connectivity index (χ4n) is 0.684. The topological polar surface area (TPSA) is 141 Å². The predicted octanol–water partition coefficient (Wildman–Crippen LogP) is -5.52. The summed E-state index contributed by atoms with van der Waals surface area (Å²) < 4.78 is 0. The molecule has 0 spiro atoms. The summed E-state index contributed by atoms with van der Waals surface area (Å²) in [4.78, 5) is 30.0. The van der Waals surface area contributed by atoms with E-state index >= 15 is 0 Å². The van der Waals surface area contributed by atoms with Crippen LogP contribution in [0.3, 0.4) is 0 Å². The van der Waals surface area contributed by atoms with E-state index in [2.05, 4.69) is 0 Å². The molecule has 8 heteroatoms. The van der Waals surface area contributed by atoms with Gasteiger partial charge in [0.05, 0.1) is 5.97 Å². The first-order chi connectivity index (χ1) is 5.78. The van der Waals surface area contributed by atoms with Crippen molar-refractivity contribution in [3.63, 3.8) is 0 Å². The predicted molar refractivity (Wildman–Crippen MR) is 36.1 cm³/mol. The Labute approximate surface area is 110 Å². The maximum atomic E-state index is 10.1. The van der Waals surface area contributed by atoms with Crippen molar-refractivity contribution in [2.45, 2.75) is 18.4 Å². The van der Waals surface area contributed by atoms with Crippen LogP contribution in [0.1, 0.15) is 14.3 Å². The van der Waals surface area contributed by atoms with E-state index in [0.717, 1.165) is 0 Å². The normalized spacial score (nSPS) is 10.1. The van der Waals surface area contributed by atoms with Crippen LogP contribution in [0.15, 0.2) is 0 Å². The Morgan fingerprint density at radius 1 is 1.07 bits per heavy atom. The van der Waals surface area contributed by atoms with Crippen LogP contribution < -0.4 is 15.3 Å². The van der Waals surface area contributed by atoms with E-state index in [9.17, 15) is 29.7 Å². The molecule has 0 aromatic carbocycles. The van der Waals surface area contributed by atoms with E-state index in [1.54, 1.807) is 0 Å². The van der Waals surface area contributed by atoms with Crippen molar-refractivity contribution in [1.82, 2.24) is 0 Å². The van der Waals surface area contributed by atoms with E-state index in [0.29, 0.717) is 0 Å². The van der Waals surface area contributed by atoms with Crippen LogP contribution in [0.2, 0.25) is 0 Å². The summed E-state index contributed by atoms with van der Waals surface area (Å²) >= 11 is 0. The molecule has 14 heavy (non-hydrogen) atoms. The molecule has 0 rings (SSSR count). The molecule has 0 fully saturated rings. The van der Waals surface area contributed by atoms with Gasteiger partial charge in [0.2, 0.25) is 0 Å². The van der Waals surface area contributed by atoms with Crippen LogP contribution in [0.4, 0.5) is 0 Å². The minimum atomic E-state index is -2.97. The number of aliphatic hydroxyl groups is 1. The minimum Gasteiger partial charge on any atom is -0.550 e. The van der Waals surface area contributed by atoms with Crippen molar-refractivity contribution in [2.75, 3.05) is 0 Å². The second-order valence-corrected chi connectivity index (χ2v) is 2.42. The van der Waals surface area contributed by atoms with Gasteiger partial charge in [0.15, 0.2) is 0 Å².